The van der Waals surface area contributed by atoms with Gasteiger partial charge in [-0.15, -0.1) is 0 Å². The molecule has 0 aromatic heterocycles. The standard InChI is InChI=1S/C16H18BrClN2O4S.C4H7Cl/c1-11(18)10-25(22,23)19-6-4-14(5-7-19)20-15-3-2-13(17)8-12(15)9-24-16(20)21;1-3-4(2)5/h2-3,8,14H,1,4-7,9-10H2;3H,1-2H3/b;4-3+. The molecule has 0 N–H and O–H groups in total. The van der Waals surface area contributed by atoms with Crippen LogP contribution in [0.3, 0.4) is 0 Å². The Kier molecular flexibility index (Phi) is 9.24. The first-order chi connectivity index (χ1) is 14.0. The van der Waals surface area contributed by atoms with Crippen molar-refractivity contribution >= 4 is 60.9 Å². The van der Waals surface area contributed by atoms with Crippen molar-refractivity contribution in [3.63, 3.8) is 0 Å². The van der Waals surface area contributed by atoms with Crippen molar-refractivity contribution in [2.45, 2.75) is 39.3 Å². The largest absolute Gasteiger partial charge is 0.444 e. The van der Waals surface area contributed by atoms with Crippen LogP contribution in [0.25, 0.3) is 0 Å². The number of cyclic esters (lactones) is 1. The summed E-state index contributed by atoms with van der Waals surface area (Å²) in [6.45, 7) is 8.13. The highest BCUT2D eigenvalue weighted by molar-refractivity contribution is 9.10. The molecule has 0 spiro atoms. The monoisotopic (exact) mass is 538 g/mol. The summed E-state index contributed by atoms with van der Waals surface area (Å²) < 4.78 is 32.1. The van der Waals surface area contributed by atoms with Crippen molar-refractivity contribution in [1.29, 1.82) is 0 Å². The van der Waals surface area contributed by atoms with Gasteiger partial charge in [-0.25, -0.2) is 17.5 Å². The molecule has 6 nitrogen and oxygen atoms in total. The number of allylic oxidation sites excluding steroid dienone is 2. The molecule has 0 radical (unpaired) electrons. The summed E-state index contributed by atoms with van der Waals surface area (Å²) in [5.74, 6) is -0.262. The van der Waals surface area contributed by atoms with Crippen LogP contribution in [0.4, 0.5) is 10.5 Å². The van der Waals surface area contributed by atoms with Crippen molar-refractivity contribution in [3.8, 4) is 0 Å². The van der Waals surface area contributed by atoms with Crippen molar-refractivity contribution in [2.75, 3.05) is 23.7 Å². The van der Waals surface area contributed by atoms with Crippen molar-refractivity contribution in [2.24, 2.45) is 0 Å². The predicted octanol–water partition coefficient (Wildman–Crippen LogP) is 5.60. The van der Waals surface area contributed by atoms with Crippen LogP contribution in [0.15, 0.2) is 45.4 Å². The van der Waals surface area contributed by atoms with Gasteiger partial charge in [0.2, 0.25) is 10.0 Å². The number of rotatable bonds is 4. The first-order valence-electron chi connectivity index (χ1n) is 9.39. The van der Waals surface area contributed by atoms with Crippen LogP contribution in [-0.4, -0.2) is 43.7 Å². The molecule has 0 bridgehead atoms. The third-order valence-electron chi connectivity index (χ3n) is 4.77. The van der Waals surface area contributed by atoms with Crippen molar-refractivity contribution in [1.82, 2.24) is 4.31 Å². The Morgan fingerprint density at radius 1 is 1.33 bits per heavy atom. The Morgan fingerprint density at radius 3 is 2.47 bits per heavy atom. The molecule has 10 heteroatoms. The summed E-state index contributed by atoms with van der Waals surface area (Å²) in [5, 5.41) is 0.950. The van der Waals surface area contributed by atoms with Crippen molar-refractivity contribution < 1.29 is 17.9 Å². The van der Waals surface area contributed by atoms with E-state index in [1.165, 1.54) is 4.31 Å². The third-order valence-corrected chi connectivity index (χ3v) is 7.64. The molecule has 2 aliphatic heterocycles. The van der Waals surface area contributed by atoms with Gasteiger partial charge in [0.05, 0.1) is 11.4 Å². The molecule has 0 saturated carbocycles. The lowest BCUT2D eigenvalue weighted by Gasteiger charge is -2.39. The molecule has 1 aromatic rings. The Hall–Kier alpha value is -1.06. The van der Waals surface area contributed by atoms with Crippen LogP contribution in [0.1, 0.15) is 32.3 Å². The number of sulfonamides is 1. The summed E-state index contributed by atoms with van der Waals surface area (Å²) in [6, 6.07) is 5.61. The number of benzene rings is 1. The van der Waals surface area contributed by atoms with E-state index in [1.807, 2.05) is 38.1 Å². The van der Waals surface area contributed by atoms with Gasteiger partial charge in [0.1, 0.15) is 6.61 Å². The summed E-state index contributed by atoms with van der Waals surface area (Å²) in [7, 11) is -3.46. The van der Waals surface area contributed by atoms with Gasteiger partial charge >= 0.3 is 6.09 Å². The highest BCUT2D eigenvalue weighted by atomic mass is 79.9. The molecule has 0 atom stereocenters. The van der Waals surface area contributed by atoms with E-state index < -0.39 is 10.0 Å². The molecular formula is C20H25BrCl2N2O4S. The molecule has 1 aromatic carbocycles. The van der Waals surface area contributed by atoms with E-state index in [-0.39, 0.29) is 29.5 Å². The first kappa shape index (κ1) is 25.2. The van der Waals surface area contributed by atoms with Gasteiger partial charge in [-0.3, -0.25) is 4.90 Å². The molecule has 1 fully saturated rings. The Labute approximate surface area is 196 Å². The quantitative estimate of drug-likeness (QED) is 0.499. The zero-order valence-electron chi connectivity index (χ0n) is 16.9. The van der Waals surface area contributed by atoms with Gasteiger partial charge in [0.15, 0.2) is 0 Å². The third kappa shape index (κ3) is 6.72. The highest BCUT2D eigenvalue weighted by Gasteiger charge is 2.36. The van der Waals surface area contributed by atoms with Crippen LogP contribution in [0.2, 0.25) is 0 Å². The Balaban J connectivity index is 0.000000575. The average Bonchev–Trinajstić information content (AvgIpc) is 2.67. The zero-order valence-corrected chi connectivity index (χ0v) is 20.8. The predicted molar refractivity (Wildman–Crippen MR) is 125 cm³/mol. The highest BCUT2D eigenvalue weighted by Crippen LogP contribution is 2.34. The topological polar surface area (TPSA) is 66.9 Å². The lowest BCUT2D eigenvalue weighted by molar-refractivity contribution is 0.136. The smallest absolute Gasteiger partial charge is 0.414 e. The maximum atomic E-state index is 12.3. The van der Waals surface area contributed by atoms with Gasteiger partial charge in [0.25, 0.3) is 0 Å². The van der Waals surface area contributed by atoms with E-state index in [0.717, 1.165) is 20.8 Å². The van der Waals surface area contributed by atoms with E-state index in [0.29, 0.717) is 25.9 Å². The average molecular weight is 540 g/mol. The number of amides is 1. The summed E-state index contributed by atoms with van der Waals surface area (Å²) >= 11 is 14.4. The number of carbonyl (C=O) groups is 1. The molecule has 3 rings (SSSR count). The molecule has 0 aliphatic carbocycles. The lowest BCUT2D eigenvalue weighted by Crippen LogP contribution is -2.50. The number of ether oxygens (including phenoxy) is 1. The van der Waals surface area contributed by atoms with E-state index in [9.17, 15) is 13.2 Å². The molecule has 2 heterocycles. The molecule has 166 valence electrons. The second-order valence-corrected chi connectivity index (χ2v) is 11.0. The number of fused-ring (bicyclic) bond motifs is 1. The molecule has 30 heavy (non-hydrogen) atoms. The first-order valence-corrected chi connectivity index (χ1v) is 12.5. The van der Waals surface area contributed by atoms with Crippen LogP contribution >= 0.6 is 39.1 Å². The summed E-state index contributed by atoms with van der Waals surface area (Å²) in [5.41, 5.74) is 1.76. The van der Waals surface area contributed by atoms with Gasteiger partial charge < -0.3 is 4.74 Å². The molecular weight excluding hydrogens is 515 g/mol. The molecule has 1 saturated heterocycles. The van der Waals surface area contributed by atoms with Gasteiger partial charge in [-0.05, 0) is 44.9 Å². The summed E-state index contributed by atoms with van der Waals surface area (Å²) in [4.78, 5) is 13.9. The maximum Gasteiger partial charge on any atom is 0.414 e. The van der Waals surface area contributed by atoms with Gasteiger partial charge in [-0.1, -0.05) is 51.8 Å². The molecule has 0 unspecified atom stereocenters. The minimum atomic E-state index is -3.46. The number of hydrogen-bond acceptors (Lipinski definition) is 4. The number of hydrogen-bond donors (Lipinski definition) is 0. The number of piperidine rings is 1. The molecule has 2 aliphatic rings. The van der Waals surface area contributed by atoms with Gasteiger partial charge in [0, 0.05) is 39.2 Å². The summed E-state index contributed by atoms with van der Waals surface area (Å²) in [6.07, 6.45) is 2.55. The zero-order chi connectivity index (χ0) is 22.5. The Morgan fingerprint density at radius 2 is 1.93 bits per heavy atom. The van der Waals surface area contributed by atoms with Gasteiger partial charge in [-0.2, -0.15) is 0 Å². The minimum Gasteiger partial charge on any atom is -0.444 e. The fourth-order valence-electron chi connectivity index (χ4n) is 3.23. The lowest BCUT2D eigenvalue weighted by atomic mass is 10.0. The maximum absolute atomic E-state index is 12.3. The fourth-order valence-corrected chi connectivity index (χ4v) is 5.39. The second-order valence-electron chi connectivity index (χ2n) is 6.98. The number of anilines is 1. The second kappa shape index (κ2) is 11.0. The fraction of sp³-hybridized carbons (Fsp3) is 0.450. The van der Waals surface area contributed by atoms with E-state index in [2.05, 4.69) is 22.5 Å². The number of carbonyl (C=O) groups excluding carboxylic acids is 1. The van der Waals surface area contributed by atoms with E-state index in [4.69, 9.17) is 27.9 Å². The SMILES string of the molecule is C/C=C(\C)Cl.C=C(Cl)CS(=O)(=O)N1CCC(N2C(=O)OCc3cc(Br)ccc32)CC1. The van der Waals surface area contributed by atoms with Crippen LogP contribution in [0, 0.1) is 0 Å². The van der Waals surface area contributed by atoms with Crippen LogP contribution < -0.4 is 4.90 Å². The molecule has 1 amide bonds. The van der Waals surface area contributed by atoms with Crippen LogP contribution in [0.5, 0.6) is 0 Å². The number of nitrogens with zero attached hydrogens (tertiary/aromatic N) is 2. The number of halogens is 3. The normalized spacial score (nSPS) is 18.2. The van der Waals surface area contributed by atoms with Crippen molar-refractivity contribution in [3.05, 3.63) is 51.0 Å². The Bertz CT molecular complexity index is 925. The van der Waals surface area contributed by atoms with E-state index >= 15 is 0 Å². The van der Waals surface area contributed by atoms with E-state index in [1.54, 1.807) is 4.90 Å². The minimum absolute atomic E-state index is 0.0984. The van der Waals surface area contributed by atoms with Crippen LogP contribution in [-0.2, 0) is 21.4 Å².